The van der Waals surface area contributed by atoms with Crippen LogP contribution in [0.2, 0.25) is 0 Å². The molecule has 0 atom stereocenters. The maximum absolute atomic E-state index is 11.3. The molecule has 15 heavy (non-hydrogen) atoms. The van der Waals surface area contributed by atoms with E-state index in [0.29, 0.717) is 0 Å². The number of hydrogen-bond acceptors (Lipinski definition) is 5. The smallest absolute Gasteiger partial charge is 0.388 e. The van der Waals surface area contributed by atoms with E-state index < -0.39 is 11.9 Å². The predicted molar refractivity (Wildman–Crippen MR) is 60.8 cm³/mol. The lowest BCUT2D eigenvalue weighted by Crippen LogP contribution is -2.11. The first kappa shape index (κ1) is 11.8. The Labute approximate surface area is 99.6 Å². The maximum Gasteiger partial charge on any atom is 0.388 e. The maximum atomic E-state index is 11.3. The molecule has 0 bridgehead atoms. The van der Waals surface area contributed by atoms with Crippen molar-refractivity contribution < 1.29 is 19.4 Å². The highest BCUT2D eigenvalue weighted by molar-refractivity contribution is 14.1. The summed E-state index contributed by atoms with van der Waals surface area (Å²) in [4.78, 5) is 30.0. The van der Waals surface area contributed by atoms with Crippen molar-refractivity contribution in [3.63, 3.8) is 0 Å². The highest BCUT2D eigenvalue weighted by Crippen LogP contribution is 2.16. The third-order valence-electron chi connectivity index (χ3n) is 1.47. The van der Waals surface area contributed by atoms with E-state index in [1.54, 1.807) is 12.1 Å². The predicted octanol–water partition coefficient (Wildman–Crippen LogP) is 1.51. The van der Waals surface area contributed by atoms with E-state index in [9.17, 15) is 9.59 Å². The van der Waals surface area contributed by atoms with Gasteiger partial charge in [-0.3, -0.25) is 0 Å². The van der Waals surface area contributed by atoms with Gasteiger partial charge >= 0.3 is 11.9 Å². The van der Waals surface area contributed by atoms with E-state index in [1.165, 1.54) is 6.07 Å². The molecule has 6 heteroatoms. The topological polar surface area (TPSA) is 78.6 Å². The van der Waals surface area contributed by atoms with Crippen LogP contribution in [0.4, 0.5) is 5.69 Å². The minimum atomic E-state index is -0.793. The van der Waals surface area contributed by atoms with Gasteiger partial charge in [-0.25, -0.2) is 19.4 Å². The third kappa shape index (κ3) is 3.39. The van der Waals surface area contributed by atoms with Crippen LogP contribution < -0.4 is 5.73 Å². The standard InChI is InChI=1S/C9H8INO4/c1-5(12)14-15-9(13)7-3-2-6(10)4-8(7)11/h2-4H,11H2,1H3. The molecular formula is C9H8INO4. The second-order valence-electron chi connectivity index (χ2n) is 2.68. The quantitative estimate of drug-likeness (QED) is 0.367. The molecule has 0 saturated heterocycles. The number of anilines is 1. The van der Waals surface area contributed by atoms with Crippen molar-refractivity contribution in [2.75, 3.05) is 5.73 Å². The Hall–Kier alpha value is -1.31. The fourth-order valence-electron chi connectivity index (χ4n) is 0.861. The van der Waals surface area contributed by atoms with E-state index in [1.807, 2.05) is 0 Å². The summed E-state index contributed by atoms with van der Waals surface area (Å²) in [6, 6.07) is 4.81. The number of halogens is 1. The molecule has 5 nitrogen and oxygen atoms in total. The lowest BCUT2D eigenvalue weighted by atomic mass is 10.2. The first-order valence-corrected chi connectivity index (χ1v) is 5.03. The molecule has 0 amide bonds. The minimum Gasteiger partial charge on any atom is -0.398 e. The van der Waals surface area contributed by atoms with Crippen LogP contribution in [0.15, 0.2) is 18.2 Å². The van der Waals surface area contributed by atoms with E-state index in [4.69, 9.17) is 5.73 Å². The summed E-state index contributed by atoms with van der Waals surface area (Å²) in [6.45, 7) is 1.13. The van der Waals surface area contributed by atoms with E-state index in [0.717, 1.165) is 10.5 Å². The van der Waals surface area contributed by atoms with E-state index in [-0.39, 0.29) is 11.3 Å². The van der Waals surface area contributed by atoms with Crippen molar-refractivity contribution in [2.45, 2.75) is 6.92 Å². The van der Waals surface area contributed by atoms with Crippen molar-refractivity contribution in [1.29, 1.82) is 0 Å². The van der Waals surface area contributed by atoms with Crippen molar-refractivity contribution in [3.8, 4) is 0 Å². The normalized spacial score (nSPS) is 9.47. The molecule has 1 aromatic rings. The highest BCUT2D eigenvalue weighted by Gasteiger charge is 2.13. The molecule has 0 heterocycles. The van der Waals surface area contributed by atoms with Crippen LogP contribution in [0.1, 0.15) is 17.3 Å². The zero-order valence-electron chi connectivity index (χ0n) is 7.82. The Morgan fingerprint density at radius 3 is 2.53 bits per heavy atom. The highest BCUT2D eigenvalue weighted by atomic mass is 127. The van der Waals surface area contributed by atoms with Gasteiger partial charge < -0.3 is 5.73 Å². The lowest BCUT2D eigenvalue weighted by molar-refractivity contribution is -0.231. The fraction of sp³-hybridized carbons (Fsp3) is 0.111. The van der Waals surface area contributed by atoms with Crippen LogP contribution in [0.25, 0.3) is 0 Å². The number of nitrogen functional groups attached to an aromatic ring is 1. The van der Waals surface area contributed by atoms with Crippen molar-refractivity contribution in [2.24, 2.45) is 0 Å². The second kappa shape index (κ2) is 4.96. The molecular weight excluding hydrogens is 313 g/mol. The zero-order chi connectivity index (χ0) is 11.4. The Morgan fingerprint density at radius 2 is 2.00 bits per heavy atom. The summed E-state index contributed by atoms with van der Waals surface area (Å²) >= 11 is 2.06. The Morgan fingerprint density at radius 1 is 1.33 bits per heavy atom. The van der Waals surface area contributed by atoms with Crippen molar-refractivity contribution in [1.82, 2.24) is 0 Å². The molecule has 0 aromatic heterocycles. The summed E-state index contributed by atoms with van der Waals surface area (Å²) in [5, 5.41) is 0. The average molecular weight is 321 g/mol. The molecule has 0 spiro atoms. The van der Waals surface area contributed by atoms with E-state index >= 15 is 0 Å². The first-order valence-electron chi connectivity index (χ1n) is 3.95. The van der Waals surface area contributed by atoms with Crippen molar-refractivity contribution >= 4 is 40.2 Å². The summed E-state index contributed by atoms with van der Waals surface area (Å²) in [5.41, 5.74) is 6.02. The van der Waals surface area contributed by atoms with Crippen LogP contribution >= 0.6 is 22.6 Å². The van der Waals surface area contributed by atoms with Crippen LogP contribution in [0.5, 0.6) is 0 Å². The SMILES string of the molecule is CC(=O)OOC(=O)c1ccc(I)cc1N. The second-order valence-corrected chi connectivity index (χ2v) is 3.92. The third-order valence-corrected chi connectivity index (χ3v) is 2.14. The number of carbonyl (C=O) groups excluding carboxylic acids is 2. The summed E-state index contributed by atoms with van der Waals surface area (Å²) < 4.78 is 0.897. The largest absolute Gasteiger partial charge is 0.398 e. The molecule has 0 aliphatic heterocycles. The van der Waals surface area contributed by atoms with Gasteiger partial charge in [-0.15, -0.1) is 0 Å². The molecule has 0 saturated carbocycles. The van der Waals surface area contributed by atoms with E-state index in [2.05, 4.69) is 32.4 Å². The molecule has 0 radical (unpaired) electrons. The van der Waals surface area contributed by atoms with Crippen LogP contribution in [-0.2, 0) is 14.6 Å². The lowest BCUT2D eigenvalue weighted by Gasteiger charge is -2.04. The number of nitrogens with two attached hydrogens (primary N) is 1. The van der Waals surface area contributed by atoms with Gasteiger partial charge in [0.2, 0.25) is 0 Å². The molecule has 80 valence electrons. The van der Waals surface area contributed by atoms with Crippen LogP contribution in [0.3, 0.4) is 0 Å². The monoisotopic (exact) mass is 321 g/mol. The molecule has 2 N–H and O–H groups in total. The summed E-state index contributed by atoms with van der Waals surface area (Å²) in [6.07, 6.45) is 0. The fourth-order valence-corrected chi connectivity index (χ4v) is 1.38. The van der Waals surface area contributed by atoms with Gasteiger partial charge in [0, 0.05) is 16.2 Å². The van der Waals surface area contributed by atoms with Gasteiger partial charge in [0.05, 0.1) is 5.56 Å². The van der Waals surface area contributed by atoms with Gasteiger partial charge in [0.1, 0.15) is 0 Å². The van der Waals surface area contributed by atoms with Gasteiger partial charge in [0.25, 0.3) is 0 Å². The zero-order valence-corrected chi connectivity index (χ0v) is 9.98. The number of rotatable bonds is 1. The molecule has 0 unspecified atom stereocenters. The average Bonchev–Trinajstić information content (AvgIpc) is 2.14. The number of benzene rings is 1. The minimum absolute atomic E-state index is 0.164. The van der Waals surface area contributed by atoms with Crippen molar-refractivity contribution in [3.05, 3.63) is 27.3 Å². The van der Waals surface area contributed by atoms with Crippen LogP contribution in [-0.4, -0.2) is 11.9 Å². The van der Waals surface area contributed by atoms with Gasteiger partial charge in [0.15, 0.2) is 0 Å². The molecule has 1 rings (SSSR count). The molecule has 0 aliphatic rings. The van der Waals surface area contributed by atoms with Crippen LogP contribution in [0, 0.1) is 3.57 Å². The van der Waals surface area contributed by atoms with Gasteiger partial charge in [-0.05, 0) is 40.8 Å². The Bertz CT molecular complexity index is 405. The number of carbonyl (C=O) groups is 2. The van der Waals surface area contributed by atoms with Gasteiger partial charge in [-0.2, -0.15) is 0 Å². The molecule has 0 aliphatic carbocycles. The molecule has 0 fully saturated rings. The first-order chi connectivity index (χ1) is 7.00. The molecule has 1 aromatic carbocycles. The Kier molecular flexibility index (Phi) is 3.89. The summed E-state index contributed by atoms with van der Waals surface area (Å²) in [5.74, 6) is -1.49. The number of hydrogen-bond donors (Lipinski definition) is 1. The van der Waals surface area contributed by atoms with Gasteiger partial charge in [-0.1, -0.05) is 0 Å². The Balaban J connectivity index is 2.78. The summed E-state index contributed by atoms with van der Waals surface area (Å²) in [7, 11) is 0.